The van der Waals surface area contributed by atoms with Crippen molar-refractivity contribution in [3.05, 3.63) is 0 Å². The van der Waals surface area contributed by atoms with Crippen LogP contribution in [-0.4, -0.2) is 29.8 Å². The lowest BCUT2D eigenvalue weighted by molar-refractivity contribution is -0.130. The maximum Gasteiger partial charge on any atom is 0.244 e. The Morgan fingerprint density at radius 3 is 2.00 bits per heavy atom. The first-order valence-electron chi connectivity index (χ1n) is 5.16. The molecule has 0 saturated carbocycles. The lowest BCUT2D eigenvalue weighted by Crippen LogP contribution is -2.52. The van der Waals surface area contributed by atoms with Crippen molar-refractivity contribution >= 4 is 17.7 Å². The summed E-state index contributed by atoms with van der Waals surface area (Å²) < 4.78 is 0. The number of rotatable bonds is 6. The van der Waals surface area contributed by atoms with Crippen LogP contribution in [0.1, 0.15) is 19.8 Å². The number of carbonyl (C=O) groups excluding carboxylic acids is 3. The van der Waals surface area contributed by atoms with Gasteiger partial charge in [0, 0.05) is 19.8 Å². The van der Waals surface area contributed by atoms with Gasteiger partial charge < -0.3 is 16.4 Å². The van der Waals surface area contributed by atoms with Crippen LogP contribution in [0.2, 0.25) is 0 Å². The summed E-state index contributed by atoms with van der Waals surface area (Å²) in [5, 5.41) is 4.71. The van der Waals surface area contributed by atoms with Gasteiger partial charge in [-0.25, -0.2) is 0 Å². The van der Waals surface area contributed by atoms with Gasteiger partial charge in [0.15, 0.2) is 0 Å². The van der Waals surface area contributed by atoms with Crippen molar-refractivity contribution in [2.24, 2.45) is 5.73 Å². The molecule has 0 aliphatic carbocycles. The molecule has 0 aromatic rings. The Morgan fingerprint density at radius 2 is 1.61 bits per heavy atom. The summed E-state index contributed by atoms with van der Waals surface area (Å²) in [7, 11) is 0. The molecular weight excluding hydrogens is 234 g/mol. The van der Waals surface area contributed by atoms with Gasteiger partial charge in [0.2, 0.25) is 17.7 Å². The van der Waals surface area contributed by atoms with Crippen molar-refractivity contribution in [3.8, 4) is 24.7 Å². The molecule has 0 spiro atoms. The summed E-state index contributed by atoms with van der Waals surface area (Å²) in [6.45, 7) is 1.25. The second-order valence-electron chi connectivity index (χ2n) is 3.53. The molecule has 0 bridgehead atoms. The Bertz CT molecular complexity index is 417. The van der Waals surface area contributed by atoms with Gasteiger partial charge in [-0.1, -0.05) is 0 Å². The SMILES string of the molecule is C#CC[C@@H](NC(=O)[C@@H](CC#C)NC(C)=O)C(N)=O. The zero-order valence-electron chi connectivity index (χ0n) is 10.0. The van der Waals surface area contributed by atoms with E-state index in [-0.39, 0.29) is 12.8 Å². The van der Waals surface area contributed by atoms with Gasteiger partial charge in [0.1, 0.15) is 12.1 Å². The normalized spacial score (nSPS) is 12.4. The Balaban J connectivity index is 4.67. The van der Waals surface area contributed by atoms with Gasteiger partial charge in [-0.15, -0.1) is 24.7 Å². The summed E-state index contributed by atoms with van der Waals surface area (Å²) in [6.07, 6.45) is 10.1. The molecule has 6 heteroatoms. The molecule has 0 saturated heterocycles. The minimum absolute atomic E-state index is 0.00689. The fourth-order valence-electron chi connectivity index (χ4n) is 1.19. The Labute approximate surface area is 106 Å². The van der Waals surface area contributed by atoms with Crippen LogP contribution in [0, 0.1) is 24.7 Å². The van der Waals surface area contributed by atoms with Gasteiger partial charge in [0.05, 0.1) is 0 Å². The van der Waals surface area contributed by atoms with Crippen molar-refractivity contribution < 1.29 is 14.4 Å². The third kappa shape index (κ3) is 5.57. The van der Waals surface area contributed by atoms with Crippen LogP contribution in [0.15, 0.2) is 0 Å². The van der Waals surface area contributed by atoms with E-state index in [0.29, 0.717) is 0 Å². The van der Waals surface area contributed by atoms with Gasteiger partial charge in [-0.2, -0.15) is 0 Å². The molecule has 2 atom stereocenters. The summed E-state index contributed by atoms with van der Waals surface area (Å²) in [5.74, 6) is 2.73. The third-order valence-electron chi connectivity index (χ3n) is 2.00. The van der Waals surface area contributed by atoms with E-state index < -0.39 is 29.8 Å². The van der Waals surface area contributed by atoms with Gasteiger partial charge in [-0.3, -0.25) is 14.4 Å². The highest BCUT2D eigenvalue weighted by Gasteiger charge is 2.23. The average molecular weight is 249 g/mol. The number of hydrogen-bond donors (Lipinski definition) is 3. The molecule has 3 amide bonds. The first kappa shape index (κ1) is 15.5. The van der Waals surface area contributed by atoms with E-state index in [1.54, 1.807) is 0 Å². The second kappa shape index (κ2) is 7.75. The largest absolute Gasteiger partial charge is 0.368 e. The first-order valence-corrected chi connectivity index (χ1v) is 5.16. The van der Waals surface area contributed by atoms with Crippen molar-refractivity contribution in [1.29, 1.82) is 0 Å². The summed E-state index contributed by atoms with van der Waals surface area (Å²) in [6, 6.07) is -1.89. The van der Waals surface area contributed by atoms with E-state index in [9.17, 15) is 14.4 Å². The lowest BCUT2D eigenvalue weighted by atomic mass is 10.1. The predicted molar refractivity (Wildman–Crippen MR) is 65.6 cm³/mol. The van der Waals surface area contributed by atoms with Crippen molar-refractivity contribution in [2.45, 2.75) is 31.8 Å². The highest BCUT2D eigenvalue weighted by molar-refractivity contribution is 5.91. The number of carbonyl (C=O) groups is 3. The molecular formula is C12H15N3O3. The Morgan fingerprint density at radius 1 is 1.11 bits per heavy atom. The molecule has 0 aliphatic rings. The monoisotopic (exact) mass is 249 g/mol. The maximum absolute atomic E-state index is 11.8. The van der Waals surface area contributed by atoms with Crippen molar-refractivity contribution in [1.82, 2.24) is 10.6 Å². The van der Waals surface area contributed by atoms with Crippen LogP contribution >= 0.6 is 0 Å². The van der Waals surface area contributed by atoms with E-state index in [1.807, 2.05) is 0 Å². The number of terminal acetylenes is 2. The summed E-state index contributed by atoms with van der Waals surface area (Å²) >= 11 is 0. The zero-order chi connectivity index (χ0) is 14.1. The fraction of sp³-hybridized carbons (Fsp3) is 0.417. The molecule has 0 rings (SSSR count). The Hall–Kier alpha value is -2.47. The predicted octanol–water partition coefficient (Wildman–Crippen LogP) is -1.49. The van der Waals surface area contributed by atoms with E-state index >= 15 is 0 Å². The summed E-state index contributed by atoms with van der Waals surface area (Å²) in [4.78, 5) is 33.7. The molecule has 0 unspecified atom stereocenters. The van der Waals surface area contributed by atoms with E-state index in [0.717, 1.165) is 0 Å². The fourth-order valence-corrected chi connectivity index (χ4v) is 1.19. The number of hydrogen-bond acceptors (Lipinski definition) is 3. The molecule has 0 fully saturated rings. The van der Waals surface area contributed by atoms with Gasteiger partial charge in [-0.05, 0) is 0 Å². The van der Waals surface area contributed by atoms with Gasteiger partial charge in [0.25, 0.3) is 0 Å². The van der Waals surface area contributed by atoms with E-state index in [2.05, 4.69) is 22.5 Å². The number of amides is 3. The molecule has 0 radical (unpaired) electrons. The smallest absolute Gasteiger partial charge is 0.244 e. The highest BCUT2D eigenvalue weighted by Crippen LogP contribution is 1.95. The third-order valence-corrected chi connectivity index (χ3v) is 2.00. The number of primary amides is 1. The van der Waals surface area contributed by atoms with E-state index in [4.69, 9.17) is 18.6 Å². The molecule has 0 heterocycles. The lowest BCUT2D eigenvalue weighted by Gasteiger charge is -2.18. The minimum Gasteiger partial charge on any atom is -0.368 e. The number of nitrogens with one attached hydrogen (secondary N) is 2. The van der Waals surface area contributed by atoms with E-state index in [1.165, 1.54) is 6.92 Å². The molecule has 0 aliphatic heterocycles. The minimum atomic E-state index is -0.975. The molecule has 18 heavy (non-hydrogen) atoms. The van der Waals surface area contributed by atoms with Crippen molar-refractivity contribution in [2.75, 3.05) is 0 Å². The van der Waals surface area contributed by atoms with Crippen LogP contribution in [0.3, 0.4) is 0 Å². The van der Waals surface area contributed by atoms with Crippen LogP contribution in [0.5, 0.6) is 0 Å². The molecule has 6 nitrogen and oxygen atoms in total. The molecule has 96 valence electrons. The summed E-state index contributed by atoms with van der Waals surface area (Å²) in [5.41, 5.74) is 5.07. The molecule has 0 aromatic heterocycles. The molecule has 0 aromatic carbocycles. The number of nitrogens with two attached hydrogens (primary N) is 1. The van der Waals surface area contributed by atoms with Crippen LogP contribution in [0.4, 0.5) is 0 Å². The maximum atomic E-state index is 11.8. The molecule has 4 N–H and O–H groups in total. The second-order valence-corrected chi connectivity index (χ2v) is 3.53. The van der Waals surface area contributed by atoms with Crippen LogP contribution in [-0.2, 0) is 14.4 Å². The zero-order valence-corrected chi connectivity index (χ0v) is 10.0. The van der Waals surface area contributed by atoms with Gasteiger partial charge >= 0.3 is 0 Å². The first-order chi connectivity index (χ1) is 8.42. The quantitative estimate of drug-likeness (QED) is 0.500. The Kier molecular flexibility index (Phi) is 6.68. The van der Waals surface area contributed by atoms with Crippen LogP contribution < -0.4 is 16.4 Å². The standard InChI is InChI=1S/C12H15N3O3/c1-4-6-9(11(13)17)15-12(18)10(7-5-2)14-8(3)16/h1-2,9-10H,6-7H2,3H3,(H2,13,17)(H,14,16)(H,15,18)/t9-,10-/m1/s1. The van der Waals surface area contributed by atoms with Crippen LogP contribution in [0.25, 0.3) is 0 Å². The topological polar surface area (TPSA) is 101 Å². The average Bonchev–Trinajstić information content (AvgIpc) is 2.27. The highest BCUT2D eigenvalue weighted by atomic mass is 16.2. The van der Waals surface area contributed by atoms with Crippen molar-refractivity contribution in [3.63, 3.8) is 0 Å².